The highest BCUT2D eigenvalue weighted by atomic mass is 16.5. The molecule has 0 unspecified atom stereocenters. The molecule has 0 aliphatic rings. The molecule has 0 aliphatic heterocycles. The first-order chi connectivity index (χ1) is 9.33. The molecule has 0 aliphatic carbocycles. The van der Waals surface area contributed by atoms with Gasteiger partial charge in [-0.15, -0.1) is 0 Å². The van der Waals surface area contributed by atoms with Crippen molar-refractivity contribution in [2.45, 2.75) is 0 Å². The van der Waals surface area contributed by atoms with Crippen molar-refractivity contribution in [2.75, 3.05) is 0 Å². The maximum Gasteiger partial charge on any atom is 0.330 e. The molecule has 0 bridgehead atoms. The zero-order chi connectivity index (χ0) is 13.1. The lowest BCUT2D eigenvalue weighted by Crippen LogP contribution is -2.13. The van der Waals surface area contributed by atoms with Gasteiger partial charge in [0.2, 0.25) is 0 Å². The Hall–Kier alpha value is -2.75. The van der Waals surface area contributed by atoms with Crippen molar-refractivity contribution in [2.24, 2.45) is 0 Å². The molecular formula is C15H12N2O2. The normalized spacial score (nSPS) is 10.3. The number of H-pyrrole nitrogens is 1. The molecule has 1 heterocycles. The Labute approximate surface area is 109 Å². The highest BCUT2D eigenvalue weighted by Gasteiger charge is 2.02. The van der Waals surface area contributed by atoms with Crippen LogP contribution in [0.4, 0.5) is 0 Å². The van der Waals surface area contributed by atoms with Gasteiger partial charge in [-0.25, -0.2) is 4.79 Å². The van der Waals surface area contributed by atoms with Crippen molar-refractivity contribution in [1.29, 1.82) is 0 Å². The summed E-state index contributed by atoms with van der Waals surface area (Å²) >= 11 is 0. The third kappa shape index (κ3) is 2.42. The molecule has 4 heteroatoms. The molecule has 2 aromatic carbocycles. The summed E-state index contributed by atoms with van der Waals surface area (Å²) in [4.78, 5) is 14.2. The van der Waals surface area contributed by atoms with Crippen molar-refractivity contribution in [3.63, 3.8) is 0 Å². The third-order valence-electron chi connectivity index (χ3n) is 2.72. The van der Waals surface area contributed by atoms with E-state index in [9.17, 15) is 4.79 Å². The molecule has 4 nitrogen and oxygen atoms in total. The molecule has 0 radical (unpaired) electrons. The Morgan fingerprint density at radius 2 is 1.74 bits per heavy atom. The summed E-state index contributed by atoms with van der Waals surface area (Å²) in [6.45, 7) is 0. The number of benzene rings is 2. The number of nitrogens with zero attached hydrogens (tertiary/aromatic N) is 1. The number of rotatable bonds is 3. The van der Waals surface area contributed by atoms with Gasteiger partial charge in [0.25, 0.3) is 0 Å². The number of para-hydroxylation sites is 1. The average molecular weight is 252 g/mol. The third-order valence-corrected chi connectivity index (χ3v) is 2.72. The second-order valence-corrected chi connectivity index (χ2v) is 4.05. The zero-order valence-electron chi connectivity index (χ0n) is 10.1. The van der Waals surface area contributed by atoms with Crippen molar-refractivity contribution in [3.8, 4) is 17.2 Å². The summed E-state index contributed by atoms with van der Waals surface area (Å²) in [6.07, 6.45) is 3.29. The van der Waals surface area contributed by atoms with Gasteiger partial charge in [0.1, 0.15) is 11.5 Å². The molecule has 3 aromatic rings. The molecule has 0 fully saturated rings. The van der Waals surface area contributed by atoms with Gasteiger partial charge in [0, 0.05) is 18.5 Å². The Kier molecular flexibility index (Phi) is 2.90. The highest BCUT2D eigenvalue weighted by Crippen LogP contribution is 2.22. The number of ether oxygens (including phenoxy) is 1. The lowest BCUT2D eigenvalue weighted by molar-refractivity contribution is 0.482. The second-order valence-electron chi connectivity index (χ2n) is 4.05. The largest absolute Gasteiger partial charge is 0.457 e. The summed E-state index contributed by atoms with van der Waals surface area (Å²) in [5.41, 5.74) is 0.594. The first-order valence-electron chi connectivity index (χ1n) is 5.92. The molecular weight excluding hydrogens is 240 g/mol. The summed E-state index contributed by atoms with van der Waals surface area (Å²) in [5, 5.41) is 0. The van der Waals surface area contributed by atoms with Crippen LogP contribution in [0.2, 0.25) is 0 Å². The van der Waals surface area contributed by atoms with E-state index < -0.39 is 0 Å². The van der Waals surface area contributed by atoms with E-state index >= 15 is 0 Å². The predicted molar refractivity (Wildman–Crippen MR) is 72.9 cm³/mol. The van der Waals surface area contributed by atoms with Crippen LogP contribution in [0.5, 0.6) is 11.5 Å². The maximum absolute atomic E-state index is 11.6. The molecule has 0 amide bonds. The Bertz CT molecular complexity index is 729. The van der Waals surface area contributed by atoms with E-state index in [0.29, 0.717) is 5.75 Å². The van der Waals surface area contributed by atoms with Crippen molar-refractivity contribution >= 4 is 0 Å². The summed E-state index contributed by atoms with van der Waals surface area (Å²) in [7, 11) is 0. The lowest BCUT2D eigenvalue weighted by atomic mass is 10.3. The first-order valence-corrected chi connectivity index (χ1v) is 5.92. The van der Waals surface area contributed by atoms with Gasteiger partial charge in [0.15, 0.2) is 0 Å². The number of nitrogens with one attached hydrogen (secondary N) is 1. The van der Waals surface area contributed by atoms with E-state index in [-0.39, 0.29) is 5.69 Å². The molecule has 0 saturated carbocycles. The molecule has 1 N–H and O–H groups in total. The van der Waals surface area contributed by atoms with Gasteiger partial charge < -0.3 is 9.72 Å². The van der Waals surface area contributed by atoms with Gasteiger partial charge in [0.05, 0.1) is 5.69 Å². The predicted octanol–water partition coefficient (Wildman–Crippen LogP) is 2.96. The monoisotopic (exact) mass is 252 g/mol. The van der Waals surface area contributed by atoms with Crippen LogP contribution in [-0.4, -0.2) is 9.55 Å². The fourth-order valence-electron chi connectivity index (χ4n) is 1.85. The van der Waals surface area contributed by atoms with Crippen LogP contribution >= 0.6 is 0 Å². The Morgan fingerprint density at radius 1 is 0.947 bits per heavy atom. The number of imidazole rings is 1. The van der Waals surface area contributed by atoms with E-state index in [0.717, 1.165) is 11.4 Å². The number of aromatic nitrogens is 2. The topological polar surface area (TPSA) is 47.0 Å². The van der Waals surface area contributed by atoms with Crippen LogP contribution < -0.4 is 10.4 Å². The van der Waals surface area contributed by atoms with Crippen LogP contribution in [-0.2, 0) is 0 Å². The molecule has 1 aromatic heterocycles. The maximum atomic E-state index is 11.6. The van der Waals surface area contributed by atoms with Crippen LogP contribution in [0.15, 0.2) is 71.8 Å². The van der Waals surface area contributed by atoms with Gasteiger partial charge >= 0.3 is 5.69 Å². The van der Waals surface area contributed by atoms with Crippen molar-refractivity contribution < 1.29 is 4.74 Å². The van der Waals surface area contributed by atoms with E-state index in [2.05, 4.69) is 4.98 Å². The fourth-order valence-corrected chi connectivity index (χ4v) is 1.85. The highest BCUT2D eigenvalue weighted by molar-refractivity contribution is 5.41. The molecule has 0 spiro atoms. The van der Waals surface area contributed by atoms with Crippen LogP contribution in [0, 0.1) is 0 Å². The number of hydrogen-bond acceptors (Lipinski definition) is 2. The zero-order valence-corrected chi connectivity index (χ0v) is 10.1. The van der Waals surface area contributed by atoms with Crippen LogP contribution in [0.1, 0.15) is 0 Å². The minimum absolute atomic E-state index is 0.170. The van der Waals surface area contributed by atoms with Crippen LogP contribution in [0.3, 0.4) is 0 Å². The van der Waals surface area contributed by atoms with Gasteiger partial charge in [-0.2, -0.15) is 0 Å². The van der Waals surface area contributed by atoms with E-state index in [1.54, 1.807) is 12.4 Å². The minimum Gasteiger partial charge on any atom is -0.457 e. The van der Waals surface area contributed by atoms with E-state index in [4.69, 9.17) is 4.74 Å². The van der Waals surface area contributed by atoms with E-state index in [1.165, 1.54) is 4.57 Å². The minimum atomic E-state index is -0.170. The van der Waals surface area contributed by atoms with Gasteiger partial charge in [-0.05, 0) is 24.3 Å². The first kappa shape index (κ1) is 11.3. The smallest absolute Gasteiger partial charge is 0.330 e. The summed E-state index contributed by atoms with van der Waals surface area (Å²) < 4.78 is 7.26. The van der Waals surface area contributed by atoms with Crippen molar-refractivity contribution in [1.82, 2.24) is 9.55 Å². The van der Waals surface area contributed by atoms with Gasteiger partial charge in [-0.3, -0.25) is 4.57 Å². The number of hydrogen-bond donors (Lipinski definition) is 1. The lowest BCUT2D eigenvalue weighted by Gasteiger charge is -2.07. The molecule has 0 atom stereocenters. The average Bonchev–Trinajstić information content (AvgIpc) is 2.86. The number of aromatic amines is 1. The Balaban J connectivity index is 1.93. The molecule has 94 valence electrons. The van der Waals surface area contributed by atoms with Crippen molar-refractivity contribution in [3.05, 3.63) is 77.5 Å². The standard InChI is InChI=1S/C15H12N2O2/c18-15-16-9-10-17(15)12-5-4-8-14(11-12)19-13-6-2-1-3-7-13/h1-11H,(H,16,18). The summed E-state index contributed by atoms with van der Waals surface area (Å²) in [6, 6.07) is 16.9. The molecule has 0 saturated heterocycles. The molecule has 3 rings (SSSR count). The Morgan fingerprint density at radius 3 is 2.47 bits per heavy atom. The molecule has 19 heavy (non-hydrogen) atoms. The quantitative estimate of drug-likeness (QED) is 0.779. The summed E-state index contributed by atoms with van der Waals surface area (Å²) in [5.74, 6) is 1.46. The van der Waals surface area contributed by atoms with E-state index in [1.807, 2.05) is 54.6 Å². The van der Waals surface area contributed by atoms with Gasteiger partial charge in [-0.1, -0.05) is 24.3 Å². The van der Waals surface area contributed by atoms with Crippen LogP contribution in [0.25, 0.3) is 5.69 Å². The fraction of sp³-hybridized carbons (Fsp3) is 0. The SMILES string of the molecule is O=c1[nH]ccn1-c1cccc(Oc2ccccc2)c1. The second kappa shape index (κ2) is 4.86.